The molecular formula is C16H12F3N3O3S. The minimum absolute atomic E-state index is 0.117. The van der Waals surface area contributed by atoms with E-state index in [1.165, 1.54) is 36.8 Å². The number of nitrogens with one attached hydrogen (secondary N) is 1. The molecule has 3 rings (SSSR count). The molecule has 0 radical (unpaired) electrons. The van der Waals surface area contributed by atoms with Crippen molar-refractivity contribution in [3.8, 4) is 11.6 Å². The van der Waals surface area contributed by atoms with Crippen LogP contribution in [-0.2, 0) is 0 Å². The van der Waals surface area contributed by atoms with Gasteiger partial charge in [-0.25, -0.2) is 9.97 Å². The molecule has 2 heterocycles. The summed E-state index contributed by atoms with van der Waals surface area (Å²) in [5.74, 6) is -0.416. The number of anilines is 1. The van der Waals surface area contributed by atoms with Crippen molar-refractivity contribution in [1.29, 1.82) is 0 Å². The second kappa shape index (κ2) is 7.16. The van der Waals surface area contributed by atoms with Crippen LogP contribution in [0.2, 0.25) is 0 Å². The number of carbonyl (C=O) groups excluding carboxylic acids is 1. The fourth-order valence-corrected chi connectivity index (χ4v) is 2.97. The summed E-state index contributed by atoms with van der Waals surface area (Å²) in [5, 5.41) is 2.84. The fourth-order valence-electron chi connectivity index (χ4n) is 2.08. The molecule has 3 aromatic rings. The van der Waals surface area contributed by atoms with Crippen molar-refractivity contribution in [3.63, 3.8) is 0 Å². The van der Waals surface area contributed by atoms with Crippen LogP contribution in [-0.4, -0.2) is 35.8 Å². The summed E-state index contributed by atoms with van der Waals surface area (Å²) in [6.07, 6.45) is -3.29. The van der Waals surface area contributed by atoms with E-state index in [1.54, 1.807) is 18.2 Å². The summed E-state index contributed by atoms with van der Waals surface area (Å²) in [5.41, 5.74) is 0.541. The Morgan fingerprint density at radius 2 is 2.12 bits per heavy atom. The Bertz CT molecular complexity index is 943. The van der Waals surface area contributed by atoms with Crippen LogP contribution in [0.4, 0.5) is 18.3 Å². The molecule has 0 saturated heterocycles. The third-order valence-corrected chi connectivity index (χ3v) is 4.14. The van der Waals surface area contributed by atoms with Crippen molar-refractivity contribution in [2.45, 2.75) is 6.18 Å². The van der Waals surface area contributed by atoms with Crippen molar-refractivity contribution < 1.29 is 27.4 Å². The van der Waals surface area contributed by atoms with Gasteiger partial charge < -0.3 is 9.47 Å². The van der Waals surface area contributed by atoms with Crippen molar-refractivity contribution >= 4 is 32.6 Å². The fraction of sp³-hybridized carbons (Fsp3) is 0.188. The smallest absolute Gasteiger partial charge is 0.422 e. The highest BCUT2D eigenvalue weighted by molar-refractivity contribution is 7.22. The largest absolute Gasteiger partial charge is 0.497 e. The Kier molecular flexibility index (Phi) is 4.94. The number of thiazole rings is 1. The molecule has 0 saturated carbocycles. The summed E-state index contributed by atoms with van der Waals surface area (Å²) < 4.78 is 47.5. The Morgan fingerprint density at radius 3 is 2.85 bits per heavy atom. The van der Waals surface area contributed by atoms with Crippen LogP contribution in [0.5, 0.6) is 11.6 Å². The number of halogens is 3. The van der Waals surface area contributed by atoms with Crippen molar-refractivity contribution in [2.24, 2.45) is 0 Å². The maximum atomic E-state index is 12.4. The summed E-state index contributed by atoms with van der Waals surface area (Å²) in [4.78, 5) is 20.3. The predicted octanol–water partition coefficient (Wildman–Crippen LogP) is 3.89. The third kappa shape index (κ3) is 4.20. The van der Waals surface area contributed by atoms with E-state index in [-0.39, 0.29) is 5.56 Å². The normalized spacial score (nSPS) is 11.4. The standard InChI is InChI=1S/C16H12F3N3O3S/c1-24-9-4-5-11-12(7-9)26-15(21-11)22-13(23)10-3-2-6-20-14(10)25-8-16(17,18)19/h2-7H,8H2,1H3,(H,21,22,23). The molecule has 0 aliphatic carbocycles. The SMILES string of the molecule is COc1ccc2nc(NC(=O)c3cccnc3OCC(F)(F)F)sc2c1. The lowest BCUT2D eigenvalue weighted by atomic mass is 10.2. The van der Waals surface area contributed by atoms with Crippen molar-refractivity contribution in [2.75, 3.05) is 19.0 Å². The lowest BCUT2D eigenvalue weighted by Gasteiger charge is -2.11. The van der Waals surface area contributed by atoms with E-state index < -0.39 is 24.6 Å². The van der Waals surface area contributed by atoms with Crippen LogP contribution in [0.15, 0.2) is 36.5 Å². The average molecular weight is 383 g/mol. The molecule has 0 spiro atoms. The van der Waals surface area contributed by atoms with Gasteiger partial charge in [0, 0.05) is 6.20 Å². The number of nitrogens with zero attached hydrogens (tertiary/aromatic N) is 2. The second-order valence-electron chi connectivity index (χ2n) is 5.07. The van der Waals surface area contributed by atoms with E-state index in [2.05, 4.69) is 20.0 Å². The lowest BCUT2D eigenvalue weighted by molar-refractivity contribution is -0.154. The molecule has 10 heteroatoms. The van der Waals surface area contributed by atoms with Gasteiger partial charge in [-0.3, -0.25) is 10.1 Å². The van der Waals surface area contributed by atoms with E-state index in [0.29, 0.717) is 16.4 Å². The van der Waals surface area contributed by atoms with Gasteiger partial charge >= 0.3 is 6.18 Å². The highest BCUT2D eigenvalue weighted by Crippen LogP contribution is 2.30. The molecule has 1 N–H and O–H groups in total. The zero-order chi connectivity index (χ0) is 18.7. The Labute approximate surface area is 149 Å². The number of carbonyl (C=O) groups is 1. The lowest BCUT2D eigenvalue weighted by Crippen LogP contribution is -2.21. The quantitative estimate of drug-likeness (QED) is 0.724. The Balaban J connectivity index is 1.80. The molecule has 1 aromatic carbocycles. The average Bonchev–Trinajstić information content (AvgIpc) is 3.00. The topological polar surface area (TPSA) is 73.3 Å². The molecule has 1 amide bonds. The van der Waals surface area contributed by atoms with Gasteiger partial charge in [0.15, 0.2) is 11.7 Å². The first-order valence-electron chi connectivity index (χ1n) is 7.26. The summed E-state index contributed by atoms with van der Waals surface area (Å²) >= 11 is 1.21. The third-order valence-electron chi connectivity index (χ3n) is 3.20. The van der Waals surface area contributed by atoms with Gasteiger partial charge in [-0.1, -0.05) is 11.3 Å². The summed E-state index contributed by atoms with van der Waals surface area (Å²) in [6, 6.07) is 7.99. The Morgan fingerprint density at radius 1 is 1.31 bits per heavy atom. The Hall–Kier alpha value is -2.88. The van der Waals surface area contributed by atoms with E-state index >= 15 is 0 Å². The van der Waals surface area contributed by atoms with Gasteiger partial charge in [0.1, 0.15) is 11.3 Å². The molecular weight excluding hydrogens is 371 g/mol. The number of fused-ring (bicyclic) bond motifs is 1. The minimum Gasteiger partial charge on any atom is -0.497 e. The van der Waals surface area contributed by atoms with E-state index in [9.17, 15) is 18.0 Å². The number of pyridine rings is 1. The number of aromatic nitrogens is 2. The van der Waals surface area contributed by atoms with Gasteiger partial charge in [0.2, 0.25) is 5.88 Å². The van der Waals surface area contributed by atoms with Gasteiger partial charge in [-0.15, -0.1) is 0 Å². The molecule has 136 valence electrons. The van der Waals surface area contributed by atoms with Gasteiger partial charge in [-0.2, -0.15) is 13.2 Å². The zero-order valence-electron chi connectivity index (χ0n) is 13.3. The molecule has 0 fully saturated rings. The maximum Gasteiger partial charge on any atom is 0.422 e. The van der Waals surface area contributed by atoms with E-state index in [1.807, 2.05) is 0 Å². The van der Waals surface area contributed by atoms with Crippen LogP contribution >= 0.6 is 11.3 Å². The van der Waals surface area contributed by atoms with Crippen molar-refractivity contribution in [3.05, 3.63) is 42.1 Å². The summed E-state index contributed by atoms with van der Waals surface area (Å²) in [7, 11) is 1.54. The number of ether oxygens (including phenoxy) is 2. The highest BCUT2D eigenvalue weighted by atomic mass is 32.1. The molecule has 0 bridgehead atoms. The monoisotopic (exact) mass is 383 g/mol. The molecule has 6 nitrogen and oxygen atoms in total. The number of hydrogen-bond donors (Lipinski definition) is 1. The molecule has 26 heavy (non-hydrogen) atoms. The highest BCUT2D eigenvalue weighted by Gasteiger charge is 2.29. The first-order valence-corrected chi connectivity index (χ1v) is 8.08. The van der Waals surface area contributed by atoms with Gasteiger partial charge in [-0.05, 0) is 30.3 Å². The van der Waals surface area contributed by atoms with E-state index in [0.717, 1.165) is 4.70 Å². The van der Waals surface area contributed by atoms with Gasteiger partial charge in [0.05, 0.1) is 17.3 Å². The van der Waals surface area contributed by atoms with Crippen LogP contribution in [0.1, 0.15) is 10.4 Å². The second-order valence-corrected chi connectivity index (χ2v) is 6.10. The molecule has 0 aliphatic heterocycles. The first-order chi connectivity index (χ1) is 12.4. The molecule has 0 atom stereocenters. The number of alkyl halides is 3. The van der Waals surface area contributed by atoms with Crippen LogP contribution in [0.25, 0.3) is 10.2 Å². The molecule has 2 aromatic heterocycles. The van der Waals surface area contributed by atoms with Gasteiger partial charge in [0.25, 0.3) is 5.91 Å². The van der Waals surface area contributed by atoms with Crippen LogP contribution in [0, 0.1) is 0 Å². The molecule has 0 aliphatic rings. The number of benzene rings is 1. The summed E-state index contributed by atoms with van der Waals surface area (Å²) in [6.45, 7) is -1.54. The first kappa shape index (κ1) is 17.9. The number of rotatable bonds is 5. The minimum atomic E-state index is -4.53. The van der Waals surface area contributed by atoms with Crippen LogP contribution in [0.3, 0.4) is 0 Å². The van der Waals surface area contributed by atoms with E-state index in [4.69, 9.17) is 4.74 Å². The number of methoxy groups -OCH3 is 1. The van der Waals surface area contributed by atoms with Crippen LogP contribution < -0.4 is 14.8 Å². The van der Waals surface area contributed by atoms with Crippen molar-refractivity contribution in [1.82, 2.24) is 9.97 Å². The molecule has 0 unspecified atom stereocenters. The number of hydrogen-bond acceptors (Lipinski definition) is 6. The number of amides is 1. The zero-order valence-corrected chi connectivity index (χ0v) is 14.1. The predicted molar refractivity (Wildman–Crippen MR) is 89.9 cm³/mol. The maximum absolute atomic E-state index is 12.4.